The van der Waals surface area contributed by atoms with E-state index in [2.05, 4.69) is 62.3 Å². The second kappa shape index (κ2) is 12.4. The summed E-state index contributed by atoms with van der Waals surface area (Å²) in [5, 5.41) is 6.91. The summed E-state index contributed by atoms with van der Waals surface area (Å²) in [6.45, 7) is 9.14. The fourth-order valence-electron chi connectivity index (χ4n) is 6.30. The van der Waals surface area contributed by atoms with Gasteiger partial charge in [0.1, 0.15) is 5.75 Å². The summed E-state index contributed by atoms with van der Waals surface area (Å²) in [6.07, 6.45) is 7.74. The van der Waals surface area contributed by atoms with Crippen molar-refractivity contribution in [3.05, 3.63) is 66.5 Å². The molecule has 2 aromatic carbocycles. The third-order valence-corrected chi connectivity index (χ3v) is 9.04. The number of anilines is 1. The van der Waals surface area contributed by atoms with Gasteiger partial charge in [0.05, 0.1) is 12.1 Å². The number of amides is 2. The zero-order valence-corrected chi connectivity index (χ0v) is 25.7. The second-order valence-electron chi connectivity index (χ2n) is 12.9. The molecule has 1 aromatic heterocycles. The van der Waals surface area contributed by atoms with Gasteiger partial charge in [-0.2, -0.15) is 5.10 Å². The topological polar surface area (TPSA) is 85.0 Å². The van der Waals surface area contributed by atoms with E-state index < -0.39 is 5.60 Å². The largest absolute Gasteiger partial charge is 0.478 e. The Hall–Kier alpha value is -3.85. The Morgan fingerprint density at radius 1 is 1.00 bits per heavy atom. The van der Waals surface area contributed by atoms with Crippen molar-refractivity contribution in [1.82, 2.24) is 24.9 Å². The quantitative estimate of drug-likeness (QED) is 0.401. The van der Waals surface area contributed by atoms with Crippen LogP contribution in [0.5, 0.6) is 5.75 Å². The lowest BCUT2D eigenvalue weighted by molar-refractivity contribution is -0.147. The maximum atomic E-state index is 13.9. The first-order valence-electron chi connectivity index (χ1n) is 15.7. The summed E-state index contributed by atoms with van der Waals surface area (Å²) in [4.78, 5) is 35.8. The lowest BCUT2D eigenvalue weighted by atomic mass is 9.95. The third-order valence-electron chi connectivity index (χ3n) is 9.04. The van der Waals surface area contributed by atoms with E-state index >= 15 is 0 Å². The number of likely N-dealkylation sites (N-methyl/N-ethyl adjacent to an activating group) is 1. The molecule has 0 bridgehead atoms. The van der Waals surface area contributed by atoms with Gasteiger partial charge in [-0.3, -0.25) is 14.7 Å². The molecule has 1 aliphatic carbocycles. The van der Waals surface area contributed by atoms with Gasteiger partial charge in [-0.1, -0.05) is 30.3 Å². The van der Waals surface area contributed by atoms with Gasteiger partial charge >= 0.3 is 0 Å². The van der Waals surface area contributed by atoms with Crippen molar-refractivity contribution in [3.63, 3.8) is 0 Å². The zero-order valence-electron chi connectivity index (χ0n) is 25.7. The lowest BCUT2D eigenvalue weighted by Gasteiger charge is -2.38. The van der Waals surface area contributed by atoms with Crippen molar-refractivity contribution in [1.29, 1.82) is 0 Å². The van der Waals surface area contributed by atoms with Gasteiger partial charge in [0.2, 0.25) is 5.91 Å². The van der Waals surface area contributed by atoms with Crippen LogP contribution in [0.1, 0.15) is 45.1 Å². The molecule has 2 aliphatic heterocycles. The molecule has 0 spiro atoms. The average molecular weight is 585 g/mol. The third kappa shape index (κ3) is 6.88. The van der Waals surface area contributed by atoms with Crippen molar-refractivity contribution < 1.29 is 14.3 Å². The van der Waals surface area contributed by atoms with Gasteiger partial charge in [-0.25, -0.2) is 0 Å². The van der Waals surface area contributed by atoms with Crippen molar-refractivity contribution in [2.75, 3.05) is 51.2 Å². The van der Waals surface area contributed by atoms with E-state index in [-0.39, 0.29) is 17.7 Å². The van der Waals surface area contributed by atoms with Crippen LogP contribution in [0.4, 0.5) is 5.69 Å². The standard InChI is InChI=1S/C34H44N6O3/c1-34(2,33(42)38-18-16-37(3)17-19-38)43-31-8-4-7-30(20-31)39-15-5-6-27(24-39)32(41)40(29-13-14-29)23-25-9-11-26(12-10-25)28-21-35-36-22-28/h4,7-12,20-22,27,29H,5-6,13-19,23-24H2,1-3H3,(H,35,36). The number of benzene rings is 2. The molecule has 1 atom stereocenters. The smallest absolute Gasteiger partial charge is 0.266 e. The highest BCUT2D eigenvalue weighted by atomic mass is 16.5. The number of aromatic amines is 1. The van der Waals surface area contributed by atoms with Crippen molar-refractivity contribution in [3.8, 4) is 16.9 Å². The van der Waals surface area contributed by atoms with Crippen molar-refractivity contribution in [2.45, 2.75) is 57.7 Å². The maximum absolute atomic E-state index is 13.9. The van der Waals surface area contributed by atoms with E-state index in [4.69, 9.17) is 4.74 Å². The highest BCUT2D eigenvalue weighted by Crippen LogP contribution is 2.34. The number of ether oxygens (including phenoxy) is 1. The number of hydrogen-bond acceptors (Lipinski definition) is 6. The monoisotopic (exact) mass is 584 g/mol. The van der Waals surface area contributed by atoms with Crippen LogP contribution in [0.2, 0.25) is 0 Å². The van der Waals surface area contributed by atoms with Gasteiger partial charge in [0.25, 0.3) is 5.91 Å². The fraction of sp³-hybridized carbons (Fsp3) is 0.500. The minimum atomic E-state index is -0.962. The predicted octanol–water partition coefficient (Wildman–Crippen LogP) is 4.42. The normalized spacial score (nSPS) is 19.7. The molecule has 3 aliphatic rings. The van der Waals surface area contributed by atoms with E-state index in [9.17, 15) is 9.59 Å². The molecule has 0 radical (unpaired) electrons. The first-order chi connectivity index (χ1) is 20.8. The summed E-state index contributed by atoms with van der Waals surface area (Å²) in [7, 11) is 2.08. The second-order valence-corrected chi connectivity index (χ2v) is 12.9. The van der Waals surface area contributed by atoms with Gasteiger partial charge in [-0.15, -0.1) is 0 Å². The van der Waals surface area contributed by atoms with Gasteiger partial charge in [0.15, 0.2) is 5.60 Å². The van der Waals surface area contributed by atoms with E-state index in [0.717, 1.165) is 80.8 Å². The summed E-state index contributed by atoms with van der Waals surface area (Å²) in [5.74, 6) is 0.916. The molecule has 43 heavy (non-hydrogen) atoms. The Morgan fingerprint density at radius 2 is 1.77 bits per heavy atom. The van der Waals surface area contributed by atoms with Crippen LogP contribution in [0, 0.1) is 5.92 Å². The molecular formula is C34H44N6O3. The average Bonchev–Trinajstić information content (AvgIpc) is 3.72. The number of aromatic nitrogens is 2. The molecule has 1 unspecified atom stereocenters. The number of piperidine rings is 1. The molecule has 2 saturated heterocycles. The van der Waals surface area contributed by atoms with Crippen LogP contribution >= 0.6 is 0 Å². The number of nitrogens with zero attached hydrogens (tertiary/aromatic N) is 5. The van der Waals surface area contributed by atoms with Crippen molar-refractivity contribution in [2.24, 2.45) is 5.92 Å². The highest BCUT2D eigenvalue weighted by Gasteiger charge is 2.38. The highest BCUT2D eigenvalue weighted by molar-refractivity contribution is 5.85. The number of nitrogens with one attached hydrogen (secondary N) is 1. The molecule has 3 aromatic rings. The molecule has 6 rings (SSSR count). The predicted molar refractivity (Wildman–Crippen MR) is 168 cm³/mol. The first kappa shape index (κ1) is 29.2. The summed E-state index contributed by atoms with van der Waals surface area (Å²) >= 11 is 0. The molecule has 2 amide bonds. The molecule has 1 N–H and O–H groups in total. The Labute approximate surface area is 254 Å². The van der Waals surface area contributed by atoms with Crippen LogP contribution < -0.4 is 9.64 Å². The summed E-state index contributed by atoms with van der Waals surface area (Å²) < 4.78 is 6.31. The number of carbonyl (C=O) groups is 2. The Morgan fingerprint density at radius 3 is 2.47 bits per heavy atom. The first-order valence-corrected chi connectivity index (χ1v) is 15.7. The molecule has 9 nitrogen and oxygen atoms in total. The minimum Gasteiger partial charge on any atom is -0.478 e. The van der Waals surface area contributed by atoms with Crippen LogP contribution in [0.15, 0.2) is 60.9 Å². The number of carbonyl (C=O) groups excluding carboxylic acids is 2. The molecule has 3 heterocycles. The molecule has 228 valence electrons. The molecular weight excluding hydrogens is 540 g/mol. The van der Waals surface area contributed by atoms with Crippen molar-refractivity contribution >= 4 is 17.5 Å². The zero-order chi connectivity index (χ0) is 30.0. The molecule has 9 heteroatoms. The summed E-state index contributed by atoms with van der Waals surface area (Å²) in [6, 6.07) is 16.8. The number of hydrogen-bond donors (Lipinski definition) is 1. The fourth-order valence-corrected chi connectivity index (χ4v) is 6.30. The minimum absolute atomic E-state index is 0.0194. The van der Waals surface area contributed by atoms with Crippen LogP contribution in [0.25, 0.3) is 11.1 Å². The van der Waals surface area contributed by atoms with E-state index in [1.165, 1.54) is 0 Å². The van der Waals surface area contributed by atoms with E-state index in [1.807, 2.05) is 49.3 Å². The van der Waals surface area contributed by atoms with Gasteiger partial charge in [-0.05, 0) is 69.8 Å². The number of H-pyrrole nitrogens is 1. The van der Waals surface area contributed by atoms with E-state index in [0.29, 0.717) is 24.9 Å². The maximum Gasteiger partial charge on any atom is 0.266 e. The Balaban J connectivity index is 1.09. The molecule has 3 fully saturated rings. The Kier molecular flexibility index (Phi) is 8.43. The summed E-state index contributed by atoms with van der Waals surface area (Å²) in [5.41, 5.74) is 3.40. The number of rotatable bonds is 9. The lowest BCUT2D eigenvalue weighted by Crippen LogP contribution is -2.55. The Bertz CT molecular complexity index is 1390. The van der Waals surface area contributed by atoms with Gasteiger partial charge in [0, 0.05) is 75.4 Å². The van der Waals surface area contributed by atoms with Crippen LogP contribution in [-0.2, 0) is 16.1 Å². The number of piperazine rings is 1. The SMILES string of the molecule is CN1CCN(C(=O)C(C)(C)Oc2cccc(N3CCCC(C(=O)N(Cc4ccc(-c5cn[nH]c5)cc4)C4CC4)C3)c2)CC1. The van der Waals surface area contributed by atoms with Crippen LogP contribution in [-0.4, -0.2) is 94.7 Å². The van der Waals surface area contributed by atoms with E-state index in [1.54, 1.807) is 0 Å². The van der Waals surface area contributed by atoms with Gasteiger partial charge < -0.3 is 24.3 Å². The molecule has 1 saturated carbocycles. The van der Waals surface area contributed by atoms with Crippen LogP contribution in [0.3, 0.4) is 0 Å².